The molecule has 0 bridgehead atoms. The van der Waals surface area contributed by atoms with Crippen molar-refractivity contribution in [3.8, 4) is 0 Å². The van der Waals surface area contributed by atoms with Gasteiger partial charge in [-0.25, -0.2) is 0 Å². The monoisotopic (exact) mass is 161 g/mol. The van der Waals surface area contributed by atoms with Crippen LogP contribution >= 0.6 is 0 Å². The van der Waals surface area contributed by atoms with Crippen LogP contribution in [0.15, 0.2) is 53.2 Å². The Hall–Kier alpha value is -1.37. The van der Waals surface area contributed by atoms with E-state index in [2.05, 4.69) is 18.3 Å². The summed E-state index contributed by atoms with van der Waals surface area (Å²) in [5, 5.41) is 0. The van der Waals surface area contributed by atoms with Crippen LogP contribution in [-0.2, 0) is 0 Å². The van der Waals surface area contributed by atoms with Gasteiger partial charge in [0.1, 0.15) is 0 Å². The van der Waals surface area contributed by atoms with Gasteiger partial charge in [-0.15, -0.1) is 0 Å². The van der Waals surface area contributed by atoms with Crippen molar-refractivity contribution in [3.05, 3.63) is 48.2 Å². The van der Waals surface area contributed by atoms with E-state index < -0.39 is 0 Å². The molecule has 1 nitrogen and oxygen atoms in total. The Morgan fingerprint density at radius 2 is 2.00 bits per heavy atom. The molecule has 0 unspecified atom stereocenters. The summed E-state index contributed by atoms with van der Waals surface area (Å²) in [7, 11) is 0. The van der Waals surface area contributed by atoms with Crippen molar-refractivity contribution in [2.75, 3.05) is 0 Å². The van der Waals surface area contributed by atoms with Crippen molar-refractivity contribution in [2.24, 2.45) is 4.99 Å². The van der Waals surface area contributed by atoms with Crippen LogP contribution in [0.2, 0.25) is 0 Å². The third-order valence-electron chi connectivity index (χ3n) is 1.44. The first kappa shape index (κ1) is 10.6. The van der Waals surface area contributed by atoms with E-state index in [0.29, 0.717) is 0 Å². The minimum atomic E-state index is 0.852. The summed E-state index contributed by atoms with van der Waals surface area (Å²) >= 11 is 0. The molecule has 0 amide bonds. The highest BCUT2D eigenvalue weighted by Gasteiger charge is 1.93. The number of allylic oxidation sites excluding steroid dienone is 5. The minimum absolute atomic E-state index is 0.852. The molecule has 0 aromatic rings. The molecular formula is C11H15N. The normalized spacial score (nSPS) is 13.5. The Morgan fingerprint density at radius 3 is 2.33 bits per heavy atom. The zero-order valence-electron chi connectivity index (χ0n) is 7.75. The van der Waals surface area contributed by atoms with Gasteiger partial charge in [0.05, 0.1) is 5.70 Å². The Morgan fingerprint density at radius 1 is 1.33 bits per heavy atom. The van der Waals surface area contributed by atoms with Gasteiger partial charge in [0, 0.05) is 0 Å². The molecule has 0 saturated heterocycles. The predicted octanol–water partition coefficient (Wildman–Crippen LogP) is 3.28. The molecule has 64 valence electrons. The van der Waals surface area contributed by atoms with E-state index in [0.717, 1.165) is 11.3 Å². The van der Waals surface area contributed by atoms with Gasteiger partial charge in [-0.05, 0) is 32.2 Å². The fourth-order valence-corrected chi connectivity index (χ4v) is 0.798. The molecule has 0 aromatic heterocycles. The van der Waals surface area contributed by atoms with Gasteiger partial charge >= 0.3 is 0 Å². The number of nitrogens with zero attached hydrogens (tertiary/aromatic N) is 1. The molecule has 0 spiro atoms. The average molecular weight is 161 g/mol. The number of aliphatic imine (C=N–C) groups is 1. The van der Waals surface area contributed by atoms with Crippen LogP contribution < -0.4 is 0 Å². The molecule has 0 N–H and O–H groups in total. The van der Waals surface area contributed by atoms with Crippen LogP contribution in [0.5, 0.6) is 0 Å². The van der Waals surface area contributed by atoms with Crippen LogP contribution in [0.4, 0.5) is 0 Å². The van der Waals surface area contributed by atoms with Gasteiger partial charge < -0.3 is 0 Å². The maximum atomic E-state index is 3.89. The quantitative estimate of drug-likeness (QED) is 0.443. The Labute approximate surface area is 74.5 Å². The molecule has 0 aliphatic heterocycles. The molecule has 0 atom stereocenters. The second-order valence-electron chi connectivity index (χ2n) is 2.18. The first-order valence-electron chi connectivity index (χ1n) is 3.89. The molecule has 0 aliphatic rings. The highest BCUT2D eigenvalue weighted by atomic mass is 14.7. The molecule has 0 aliphatic carbocycles. The Kier molecular flexibility index (Phi) is 5.62. The van der Waals surface area contributed by atoms with Gasteiger partial charge in [-0.3, -0.25) is 4.99 Å². The van der Waals surface area contributed by atoms with E-state index in [-0.39, 0.29) is 0 Å². The maximum absolute atomic E-state index is 3.89. The summed E-state index contributed by atoms with van der Waals surface area (Å²) in [6.45, 7) is 11.1. The van der Waals surface area contributed by atoms with E-state index in [9.17, 15) is 0 Å². The summed E-state index contributed by atoms with van der Waals surface area (Å²) in [5.74, 6) is 0. The summed E-state index contributed by atoms with van der Waals surface area (Å²) < 4.78 is 0. The van der Waals surface area contributed by atoms with Crippen LogP contribution in [0.3, 0.4) is 0 Å². The van der Waals surface area contributed by atoms with Gasteiger partial charge in [0.15, 0.2) is 0 Å². The van der Waals surface area contributed by atoms with Gasteiger partial charge in [0.2, 0.25) is 0 Å². The Balaban J connectivity index is 4.76. The summed E-state index contributed by atoms with van der Waals surface area (Å²) in [6, 6.07) is 0. The number of rotatable bonds is 4. The van der Waals surface area contributed by atoms with E-state index in [1.807, 2.05) is 38.2 Å². The molecule has 0 aromatic carbocycles. The highest BCUT2D eigenvalue weighted by molar-refractivity contribution is 5.44. The standard InChI is InChI=1S/C11H15N/c1-5-8-9-11(12-4)10(6-2)7-3/h5-9H,2,4H2,1,3H3/b8-5-,10-7+,11-9+. The lowest BCUT2D eigenvalue weighted by Crippen LogP contribution is -1.80. The zero-order valence-corrected chi connectivity index (χ0v) is 7.75. The second kappa shape index (κ2) is 6.35. The summed E-state index contributed by atoms with van der Waals surface area (Å²) in [6.07, 6.45) is 9.50. The first-order valence-corrected chi connectivity index (χ1v) is 3.89. The lowest BCUT2D eigenvalue weighted by molar-refractivity contribution is 1.35. The van der Waals surface area contributed by atoms with Crippen LogP contribution in [0, 0.1) is 0 Å². The van der Waals surface area contributed by atoms with Crippen molar-refractivity contribution in [1.29, 1.82) is 0 Å². The van der Waals surface area contributed by atoms with Crippen LogP contribution in [0.1, 0.15) is 13.8 Å². The molecule has 12 heavy (non-hydrogen) atoms. The molecule has 0 radical (unpaired) electrons. The molecule has 0 saturated carbocycles. The number of hydrogen-bond donors (Lipinski definition) is 0. The smallest absolute Gasteiger partial charge is 0.0691 e. The van der Waals surface area contributed by atoms with E-state index >= 15 is 0 Å². The van der Waals surface area contributed by atoms with Crippen molar-refractivity contribution in [1.82, 2.24) is 0 Å². The molecular weight excluding hydrogens is 146 g/mol. The maximum Gasteiger partial charge on any atom is 0.0691 e. The van der Waals surface area contributed by atoms with Crippen LogP contribution in [0.25, 0.3) is 0 Å². The van der Waals surface area contributed by atoms with Crippen molar-refractivity contribution in [3.63, 3.8) is 0 Å². The zero-order chi connectivity index (χ0) is 9.40. The summed E-state index contributed by atoms with van der Waals surface area (Å²) in [5.41, 5.74) is 1.86. The number of hydrogen-bond acceptors (Lipinski definition) is 1. The summed E-state index contributed by atoms with van der Waals surface area (Å²) in [4.78, 5) is 3.89. The molecule has 0 heterocycles. The van der Waals surface area contributed by atoms with Crippen molar-refractivity contribution >= 4 is 6.72 Å². The molecule has 0 rings (SSSR count). The molecule has 1 heteroatoms. The van der Waals surface area contributed by atoms with Gasteiger partial charge in [-0.2, -0.15) is 0 Å². The average Bonchev–Trinajstić information content (AvgIpc) is 2.12. The second-order valence-corrected chi connectivity index (χ2v) is 2.18. The molecule has 0 fully saturated rings. The van der Waals surface area contributed by atoms with E-state index in [1.165, 1.54) is 0 Å². The van der Waals surface area contributed by atoms with Crippen molar-refractivity contribution in [2.45, 2.75) is 13.8 Å². The van der Waals surface area contributed by atoms with E-state index in [4.69, 9.17) is 0 Å². The van der Waals surface area contributed by atoms with Crippen molar-refractivity contribution < 1.29 is 0 Å². The topological polar surface area (TPSA) is 12.4 Å². The SMILES string of the molecule is C=CC(=C\C)/C(=C\C=C/C)N=C. The van der Waals surface area contributed by atoms with E-state index in [1.54, 1.807) is 6.08 Å². The fourth-order valence-electron chi connectivity index (χ4n) is 0.798. The lowest BCUT2D eigenvalue weighted by atomic mass is 10.1. The Bertz CT molecular complexity index is 242. The highest BCUT2D eigenvalue weighted by Crippen LogP contribution is 2.11. The van der Waals surface area contributed by atoms with Gasteiger partial charge in [-0.1, -0.05) is 30.9 Å². The van der Waals surface area contributed by atoms with Crippen LogP contribution in [-0.4, -0.2) is 6.72 Å². The third-order valence-corrected chi connectivity index (χ3v) is 1.44. The predicted molar refractivity (Wildman–Crippen MR) is 56.4 cm³/mol. The first-order chi connectivity index (χ1) is 5.79. The largest absolute Gasteiger partial charge is 0.264 e. The lowest BCUT2D eigenvalue weighted by Gasteiger charge is -1.98. The third kappa shape index (κ3) is 3.15. The minimum Gasteiger partial charge on any atom is -0.264 e. The van der Waals surface area contributed by atoms with Gasteiger partial charge in [0.25, 0.3) is 0 Å². The fraction of sp³-hybridized carbons (Fsp3) is 0.182.